The highest BCUT2D eigenvalue weighted by Crippen LogP contribution is 2.38. The number of methoxy groups -OCH3 is 1. The fraction of sp³-hybridized carbons (Fsp3) is 0.300. The summed E-state index contributed by atoms with van der Waals surface area (Å²) >= 11 is 1.67. The number of ether oxygens (including phenoxy) is 2. The average molecular weight is 286 g/mol. The van der Waals surface area contributed by atoms with E-state index < -0.39 is 11.3 Å². The zero-order chi connectivity index (χ0) is 13.7. The van der Waals surface area contributed by atoms with Crippen LogP contribution in [0.4, 0.5) is 10.5 Å². The minimum atomic E-state index is -0.635. The van der Waals surface area contributed by atoms with E-state index in [0.717, 1.165) is 23.1 Å². The Labute approximate surface area is 112 Å². The van der Waals surface area contributed by atoms with Crippen LogP contribution in [-0.2, 0) is 9.47 Å². The summed E-state index contributed by atoms with van der Waals surface area (Å²) in [6, 6.07) is 1.86. The SMILES string of the molecule is CCOC(=O)Sc1sc(C(=O)OC)c(N)c1C#N. The van der Waals surface area contributed by atoms with Crippen molar-refractivity contribution in [3.8, 4) is 6.07 Å². The van der Waals surface area contributed by atoms with E-state index in [-0.39, 0.29) is 22.7 Å². The lowest BCUT2D eigenvalue weighted by Gasteiger charge is -1.98. The molecule has 6 nitrogen and oxygen atoms in total. The van der Waals surface area contributed by atoms with Gasteiger partial charge in [0.1, 0.15) is 16.5 Å². The van der Waals surface area contributed by atoms with Gasteiger partial charge >= 0.3 is 11.3 Å². The first-order valence-corrected chi connectivity index (χ1v) is 6.43. The number of hydrogen-bond acceptors (Lipinski definition) is 8. The molecule has 0 aromatic carbocycles. The van der Waals surface area contributed by atoms with Gasteiger partial charge in [0.25, 0.3) is 0 Å². The molecule has 1 heterocycles. The van der Waals surface area contributed by atoms with Crippen LogP contribution in [0.25, 0.3) is 0 Å². The van der Waals surface area contributed by atoms with Crippen molar-refractivity contribution in [3.63, 3.8) is 0 Å². The van der Waals surface area contributed by atoms with Gasteiger partial charge in [-0.3, -0.25) is 0 Å². The van der Waals surface area contributed by atoms with Crippen molar-refractivity contribution in [2.24, 2.45) is 0 Å². The van der Waals surface area contributed by atoms with Crippen LogP contribution >= 0.6 is 23.1 Å². The van der Waals surface area contributed by atoms with Crippen molar-refractivity contribution in [2.75, 3.05) is 19.5 Å². The number of nitrogens with two attached hydrogens (primary N) is 1. The number of thiophene rings is 1. The molecule has 0 bridgehead atoms. The number of thioether (sulfide) groups is 1. The molecule has 0 unspecified atom stereocenters. The highest BCUT2D eigenvalue weighted by Gasteiger charge is 2.23. The molecule has 0 aliphatic heterocycles. The third kappa shape index (κ3) is 2.94. The Balaban J connectivity index is 3.09. The zero-order valence-corrected chi connectivity index (χ0v) is 11.3. The van der Waals surface area contributed by atoms with Gasteiger partial charge in [0.15, 0.2) is 0 Å². The van der Waals surface area contributed by atoms with Crippen molar-refractivity contribution in [1.82, 2.24) is 0 Å². The number of nitriles is 1. The fourth-order valence-electron chi connectivity index (χ4n) is 1.07. The summed E-state index contributed by atoms with van der Waals surface area (Å²) in [7, 11) is 1.21. The highest BCUT2D eigenvalue weighted by atomic mass is 32.2. The van der Waals surface area contributed by atoms with Gasteiger partial charge in [-0.2, -0.15) is 5.26 Å². The molecule has 96 valence electrons. The lowest BCUT2D eigenvalue weighted by atomic mass is 10.3. The number of esters is 1. The molecular formula is C10H10N2O4S2. The molecule has 1 rings (SSSR count). The first kappa shape index (κ1) is 14.3. The molecule has 8 heteroatoms. The smallest absolute Gasteiger partial charge is 0.372 e. The Morgan fingerprint density at radius 1 is 1.56 bits per heavy atom. The Kier molecular flexibility index (Phi) is 5.00. The standard InChI is InChI=1S/C10H10N2O4S2/c1-3-16-10(14)18-9-5(4-11)6(12)7(17-9)8(13)15-2/h3,12H2,1-2H3. The summed E-state index contributed by atoms with van der Waals surface area (Å²) in [4.78, 5) is 22.8. The van der Waals surface area contributed by atoms with E-state index in [4.69, 9.17) is 15.7 Å². The monoisotopic (exact) mass is 286 g/mol. The second kappa shape index (κ2) is 6.28. The molecule has 0 spiro atoms. The van der Waals surface area contributed by atoms with E-state index in [0.29, 0.717) is 4.21 Å². The number of rotatable bonds is 3. The first-order chi connectivity index (χ1) is 8.54. The molecule has 2 N–H and O–H groups in total. The largest absolute Gasteiger partial charge is 0.465 e. The molecule has 0 amide bonds. The first-order valence-electron chi connectivity index (χ1n) is 4.80. The number of nitrogens with zero attached hydrogens (tertiary/aromatic N) is 1. The molecular weight excluding hydrogens is 276 g/mol. The number of hydrogen-bond donors (Lipinski definition) is 1. The quantitative estimate of drug-likeness (QED) is 0.671. The predicted molar refractivity (Wildman–Crippen MR) is 67.7 cm³/mol. The van der Waals surface area contributed by atoms with Gasteiger partial charge in [-0.15, -0.1) is 11.3 Å². The van der Waals surface area contributed by atoms with Crippen LogP contribution in [0.3, 0.4) is 0 Å². The van der Waals surface area contributed by atoms with Crippen LogP contribution in [0.1, 0.15) is 22.2 Å². The zero-order valence-electron chi connectivity index (χ0n) is 9.68. The molecule has 0 aliphatic rings. The second-order valence-electron chi connectivity index (χ2n) is 2.90. The van der Waals surface area contributed by atoms with Crippen molar-refractivity contribution in [3.05, 3.63) is 10.4 Å². The number of nitrogen functional groups attached to an aromatic ring is 1. The summed E-state index contributed by atoms with van der Waals surface area (Å²) in [5.74, 6) is -0.635. The molecule has 1 aromatic heterocycles. The van der Waals surface area contributed by atoms with E-state index in [1.54, 1.807) is 6.92 Å². The maximum Gasteiger partial charge on any atom is 0.372 e. The number of carbonyl (C=O) groups is 2. The van der Waals surface area contributed by atoms with Gasteiger partial charge in [-0.05, 0) is 6.92 Å². The Morgan fingerprint density at radius 2 is 2.22 bits per heavy atom. The van der Waals surface area contributed by atoms with Crippen LogP contribution in [0, 0.1) is 11.3 Å². The van der Waals surface area contributed by atoms with Crippen molar-refractivity contribution >= 4 is 40.1 Å². The maximum absolute atomic E-state index is 11.4. The van der Waals surface area contributed by atoms with Crippen molar-refractivity contribution in [1.29, 1.82) is 5.26 Å². The molecule has 0 saturated carbocycles. The van der Waals surface area contributed by atoms with Gasteiger partial charge in [0, 0.05) is 11.8 Å². The van der Waals surface area contributed by atoms with Crippen LogP contribution in [-0.4, -0.2) is 25.0 Å². The molecule has 1 aromatic rings. The minimum absolute atomic E-state index is 0.0288. The highest BCUT2D eigenvalue weighted by molar-refractivity contribution is 8.14. The van der Waals surface area contributed by atoms with Crippen LogP contribution in [0.2, 0.25) is 0 Å². The normalized spacial score (nSPS) is 9.61. The molecule has 0 saturated heterocycles. The summed E-state index contributed by atoms with van der Waals surface area (Å²) in [6.45, 7) is 1.91. The number of anilines is 1. The van der Waals surface area contributed by atoms with Crippen molar-refractivity contribution < 1.29 is 19.1 Å². The predicted octanol–water partition coefficient (Wildman–Crippen LogP) is 2.24. The van der Waals surface area contributed by atoms with Gasteiger partial charge in [0.2, 0.25) is 0 Å². The van der Waals surface area contributed by atoms with E-state index in [2.05, 4.69) is 4.74 Å². The summed E-state index contributed by atoms with van der Waals surface area (Å²) in [6.07, 6.45) is 0. The van der Waals surface area contributed by atoms with Gasteiger partial charge in [0.05, 0.1) is 23.6 Å². The Hall–Kier alpha value is -1.72. The second-order valence-corrected chi connectivity index (χ2v) is 5.12. The van der Waals surface area contributed by atoms with Gasteiger partial charge in [-0.1, -0.05) is 0 Å². The van der Waals surface area contributed by atoms with Crippen LogP contribution in [0.15, 0.2) is 4.21 Å². The van der Waals surface area contributed by atoms with Gasteiger partial charge in [-0.25, -0.2) is 9.59 Å². The fourth-order valence-corrected chi connectivity index (χ4v) is 3.10. The van der Waals surface area contributed by atoms with E-state index in [9.17, 15) is 9.59 Å². The van der Waals surface area contributed by atoms with Gasteiger partial charge < -0.3 is 15.2 Å². The summed E-state index contributed by atoms with van der Waals surface area (Å²) in [5, 5.41) is 8.42. The lowest BCUT2D eigenvalue weighted by molar-refractivity contribution is 0.0607. The maximum atomic E-state index is 11.4. The average Bonchev–Trinajstić information content (AvgIpc) is 2.65. The Morgan fingerprint density at radius 3 is 2.72 bits per heavy atom. The molecule has 0 atom stereocenters. The van der Waals surface area contributed by atoms with E-state index in [1.165, 1.54) is 7.11 Å². The van der Waals surface area contributed by atoms with Crippen LogP contribution in [0.5, 0.6) is 0 Å². The third-order valence-corrected chi connectivity index (χ3v) is 3.99. The summed E-state index contributed by atoms with van der Waals surface area (Å²) < 4.78 is 9.61. The van der Waals surface area contributed by atoms with Crippen LogP contribution < -0.4 is 5.73 Å². The van der Waals surface area contributed by atoms with E-state index >= 15 is 0 Å². The topological polar surface area (TPSA) is 102 Å². The van der Waals surface area contributed by atoms with E-state index in [1.807, 2.05) is 6.07 Å². The molecule has 18 heavy (non-hydrogen) atoms. The summed E-state index contributed by atoms with van der Waals surface area (Å²) in [5.41, 5.74) is 5.79. The third-order valence-electron chi connectivity index (χ3n) is 1.83. The number of carbonyl (C=O) groups excluding carboxylic acids is 2. The molecule has 0 radical (unpaired) electrons. The van der Waals surface area contributed by atoms with Crippen molar-refractivity contribution in [2.45, 2.75) is 11.1 Å². The lowest BCUT2D eigenvalue weighted by Crippen LogP contribution is -2.02. The minimum Gasteiger partial charge on any atom is -0.465 e. The Bertz CT molecular complexity index is 519. The molecule has 0 fully saturated rings. The molecule has 0 aliphatic carbocycles.